The normalized spacial score (nSPS) is 20.9. The molecule has 0 amide bonds. The van der Waals surface area contributed by atoms with Gasteiger partial charge in [-0.2, -0.15) is 4.98 Å². The number of aryl methyl sites for hydroxylation is 1. The zero-order valence-corrected chi connectivity index (χ0v) is 11.1. The van der Waals surface area contributed by atoms with Crippen LogP contribution < -0.4 is 4.74 Å². The second-order valence-corrected chi connectivity index (χ2v) is 5.53. The van der Waals surface area contributed by atoms with Gasteiger partial charge in [-0.25, -0.2) is 0 Å². The van der Waals surface area contributed by atoms with Crippen LogP contribution in [0.4, 0.5) is 0 Å². The number of benzene rings is 1. The second kappa shape index (κ2) is 4.59. The summed E-state index contributed by atoms with van der Waals surface area (Å²) in [5, 5.41) is 13.7. The molecule has 2 aromatic rings. The molecule has 2 aliphatic carbocycles. The molecule has 5 nitrogen and oxygen atoms in total. The number of rotatable bonds is 4. The molecule has 5 heteroatoms. The maximum absolute atomic E-state index is 9.77. The highest BCUT2D eigenvalue weighted by Gasteiger charge is 2.29. The molecule has 0 radical (unpaired) electrons. The van der Waals surface area contributed by atoms with Gasteiger partial charge in [0.2, 0.25) is 11.7 Å². The maximum atomic E-state index is 9.77. The molecule has 1 fully saturated rings. The Hall–Kier alpha value is -1.88. The first-order chi connectivity index (χ1) is 9.79. The van der Waals surface area contributed by atoms with Crippen LogP contribution in [-0.4, -0.2) is 15.2 Å². The highest BCUT2D eigenvalue weighted by atomic mass is 16.5. The second-order valence-electron chi connectivity index (χ2n) is 5.53. The fourth-order valence-electron chi connectivity index (χ4n) is 2.63. The van der Waals surface area contributed by atoms with Crippen LogP contribution in [0.25, 0.3) is 0 Å². The smallest absolute Gasteiger partial charge is 0.229 e. The highest BCUT2D eigenvalue weighted by Crippen LogP contribution is 2.39. The Labute approximate surface area is 116 Å². The van der Waals surface area contributed by atoms with Crippen LogP contribution in [0.2, 0.25) is 0 Å². The van der Waals surface area contributed by atoms with Gasteiger partial charge < -0.3 is 14.4 Å². The van der Waals surface area contributed by atoms with E-state index < -0.39 is 0 Å². The van der Waals surface area contributed by atoms with E-state index in [0.717, 1.165) is 42.9 Å². The third kappa shape index (κ3) is 2.18. The number of fused-ring (bicyclic) bond motifs is 1. The largest absolute Gasteiger partial charge is 0.485 e. The summed E-state index contributed by atoms with van der Waals surface area (Å²) >= 11 is 0. The lowest BCUT2D eigenvalue weighted by atomic mass is 10.1. The molecule has 0 unspecified atom stereocenters. The molecule has 1 aromatic heterocycles. The van der Waals surface area contributed by atoms with E-state index in [2.05, 4.69) is 10.1 Å². The summed E-state index contributed by atoms with van der Waals surface area (Å²) in [5.74, 6) is 2.58. The molecule has 4 rings (SSSR count). The van der Waals surface area contributed by atoms with E-state index in [9.17, 15) is 5.11 Å². The van der Waals surface area contributed by atoms with Gasteiger partial charge in [0.25, 0.3) is 0 Å². The number of aliphatic hydroxyl groups excluding tert-OH is 1. The van der Waals surface area contributed by atoms with Crippen molar-refractivity contribution in [3.8, 4) is 5.75 Å². The van der Waals surface area contributed by atoms with Gasteiger partial charge in [-0.1, -0.05) is 11.2 Å². The average molecular weight is 272 g/mol. The van der Waals surface area contributed by atoms with E-state index in [1.54, 1.807) is 0 Å². The minimum atomic E-state index is -0.322. The number of ether oxygens (including phenoxy) is 1. The topological polar surface area (TPSA) is 68.4 Å². The lowest BCUT2D eigenvalue weighted by molar-refractivity contribution is 0.180. The van der Waals surface area contributed by atoms with Crippen molar-refractivity contribution in [2.24, 2.45) is 0 Å². The van der Waals surface area contributed by atoms with E-state index >= 15 is 0 Å². The molecule has 104 valence electrons. The highest BCUT2D eigenvalue weighted by molar-refractivity contribution is 5.39. The summed E-state index contributed by atoms with van der Waals surface area (Å²) in [5.41, 5.74) is 2.19. The average Bonchev–Trinajstić information content (AvgIpc) is 3.10. The Balaban J connectivity index is 1.43. The van der Waals surface area contributed by atoms with Crippen molar-refractivity contribution in [1.29, 1.82) is 0 Å². The van der Waals surface area contributed by atoms with Gasteiger partial charge in [0.1, 0.15) is 5.75 Å². The molecule has 1 N–H and O–H groups in total. The van der Waals surface area contributed by atoms with Gasteiger partial charge in [-0.15, -0.1) is 0 Å². The fourth-order valence-corrected chi connectivity index (χ4v) is 2.63. The molecule has 20 heavy (non-hydrogen) atoms. The number of aliphatic hydroxyl groups is 1. The Morgan fingerprint density at radius 2 is 2.20 bits per heavy atom. The third-order valence-corrected chi connectivity index (χ3v) is 3.94. The maximum Gasteiger partial charge on any atom is 0.229 e. The van der Waals surface area contributed by atoms with Crippen molar-refractivity contribution in [3.05, 3.63) is 41.0 Å². The molecule has 1 heterocycles. The number of hydrogen-bond acceptors (Lipinski definition) is 5. The first-order valence-electron chi connectivity index (χ1n) is 7.06. The van der Waals surface area contributed by atoms with E-state index in [0.29, 0.717) is 18.3 Å². The molecule has 2 aliphatic rings. The Kier molecular flexibility index (Phi) is 2.73. The minimum Gasteiger partial charge on any atom is -0.485 e. The van der Waals surface area contributed by atoms with Crippen molar-refractivity contribution < 1.29 is 14.4 Å². The first-order valence-corrected chi connectivity index (χ1v) is 7.06. The van der Waals surface area contributed by atoms with Gasteiger partial charge in [0.05, 0.1) is 6.10 Å². The van der Waals surface area contributed by atoms with Gasteiger partial charge in [0.15, 0.2) is 6.61 Å². The number of hydrogen-bond donors (Lipinski definition) is 1. The summed E-state index contributed by atoms with van der Waals surface area (Å²) < 4.78 is 10.9. The summed E-state index contributed by atoms with van der Waals surface area (Å²) in [7, 11) is 0. The predicted molar refractivity (Wildman–Crippen MR) is 70.3 cm³/mol. The van der Waals surface area contributed by atoms with Gasteiger partial charge in [-0.05, 0) is 48.9 Å². The molecule has 1 aromatic carbocycles. The van der Waals surface area contributed by atoms with E-state index in [-0.39, 0.29) is 6.10 Å². The first kappa shape index (κ1) is 11.9. The van der Waals surface area contributed by atoms with Crippen molar-refractivity contribution in [1.82, 2.24) is 10.1 Å². The number of nitrogens with zero attached hydrogens (tertiary/aromatic N) is 2. The summed E-state index contributed by atoms with van der Waals surface area (Å²) in [4.78, 5) is 4.33. The minimum absolute atomic E-state index is 0.317. The van der Waals surface area contributed by atoms with Crippen molar-refractivity contribution >= 4 is 0 Å². The number of aromatic nitrogens is 2. The molecular weight excluding hydrogens is 256 g/mol. The molecule has 1 atom stereocenters. The van der Waals surface area contributed by atoms with Crippen LogP contribution >= 0.6 is 0 Å². The van der Waals surface area contributed by atoms with E-state index in [1.807, 2.05) is 18.2 Å². The molecular formula is C15H16N2O3. The zero-order chi connectivity index (χ0) is 13.5. The van der Waals surface area contributed by atoms with E-state index in [1.165, 1.54) is 5.56 Å². The lowest BCUT2D eigenvalue weighted by Crippen LogP contribution is -1.98. The molecule has 1 saturated carbocycles. The summed E-state index contributed by atoms with van der Waals surface area (Å²) in [6.45, 7) is 0.317. The van der Waals surface area contributed by atoms with Crippen LogP contribution in [0.5, 0.6) is 5.75 Å². The van der Waals surface area contributed by atoms with Gasteiger partial charge in [-0.3, -0.25) is 0 Å². The van der Waals surface area contributed by atoms with Gasteiger partial charge >= 0.3 is 0 Å². The fraction of sp³-hybridized carbons (Fsp3) is 0.467. The Morgan fingerprint density at radius 3 is 3.05 bits per heavy atom. The van der Waals surface area contributed by atoms with E-state index in [4.69, 9.17) is 9.26 Å². The van der Waals surface area contributed by atoms with Crippen LogP contribution in [0.15, 0.2) is 22.7 Å². The Morgan fingerprint density at radius 1 is 1.30 bits per heavy atom. The zero-order valence-electron chi connectivity index (χ0n) is 11.1. The standard InChI is InChI=1S/C15H16N2O3/c18-13-6-3-10-7-11(4-5-12(10)13)19-8-14-16-15(20-17-14)9-1-2-9/h4-5,7,9,13,18H,1-3,6,8H2/t13-/m1/s1. The SMILES string of the molecule is O[C@@H]1CCc2cc(OCc3noc(C4CC4)n3)ccc21. The van der Waals surface area contributed by atoms with Gasteiger partial charge in [0, 0.05) is 5.92 Å². The van der Waals surface area contributed by atoms with Crippen LogP contribution in [0, 0.1) is 0 Å². The third-order valence-electron chi connectivity index (χ3n) is 3.94. The monoisotopic (exact) mass is 272 g/mol. The van der Waals surface area contributed by atoms with Crippen molar-refractivity contribution in [3.63, 3.8) is 0 Å². The van der Waals surface area contributed by atoms with Crippen LogP contribution in [0.3, 0.4) is 0 Å². The Bertz CT molecular complexity index is 634. The van der Waals surface area contributed by atoms with Crippen LogP contribution in [-0.2, 0) is 13.0 Å². The predicted octanol–water partition coefficient (Wildman–Crippen LogP) is 2.51. The summed E-state index contributed by atoms with van der Waals surface area (Å²) in [6, 6.07) is 5.82. The van der Waals surface area contributed by atoms with Crippen molar-refractivity contribution in [2.75, 3.05) is 0 Å². The molecule has 0 saturated heterocycles. The molecule has 0 bridgehead atoms. The molecule has 0 spiro atoms. The molecule has 0 aliphatic heterocycles. The van der Waals surface area contributed by atoms with Crippen molar-refractivity contribution in [2.45, 2.75) is 44.3 Å². The summed E-state index contributed by atoms with van der Waals surface area (Å²) in [6.07, 6.45) is 3.68. The van der Waals surface area contributed by atoms with Crippen LogP contribution in [0.1, 0.15) is 54.1 Å². The lowest BCUT2D eigenvalue weighted by Gasteiger charge is -2.07. The quantitative estimate of drug-likeness (QED) is 0.926.